The monoisotopic (exact) mass is 1120 g/mol. The van der Waals surface area contributed by atoms with Crippen molar-refractivity contribution in [3.63, 3.8) is 0 Å². The second kappa shape index (κ2) is 69.1. The first-order chi connectivity index (χ1) is 39.5. The molecular formula is C74H137NO5. The van der Waals surface area contributed by atoms with Crippen molar-refractivity contribution in [1.82, 2.24) is 5.32 Å². The number of carbonyl (C=O) groups is 2. The van der Waals surface area contributed by atoms with Gasteiger partial charge in [-0.2, -0.15) is 0 Å². The Morgan fingerprint density at radius 3 is 0.963 bits per heavy atom. The molecule has 0 heterocycles. The molecule has 0 saturated carbocycles. The van der Waals surface area contributed by atoms with Crippen LogP contribution >= 0.6 is 0 Å². The third-order valence-corrected chi connectivity index (χ3v) is 16.3. The number of hydrogen-bond acceptors (Lipinski definition) is 5. The molecule has 2 unspecified atom stereocenters. The number of aliphatic hydroxyl groups excluding tert-OH is 2. The van der Waals surface area contributed by atoms with E-state index < -0.39 is 12.1 Å². The number of allylic oxidation sites excluding steroid dienone is 9. The minimum atomic E-state index is -0.844. The highest BCUT2D eigenvalue weighted by molar-refractivity contribution is 5.76. The van der Waals surface area contributed by atoms with Gasteiger partial charge in [-0.3, -0.25) is 9.59 Å². The van der Waals surface area contributed by atoms with Crippen LogP contribution in [0, 0.1) is 0 Å². The van der Waals surface area contributed by atoms with E-state index in [1.807, 2.05) is 6.08 Å². The van der Waals surface area contributed by atoms with Crippen molar-refractivity contribution in [3.8, 4) is 0 Å². The second-order valence-corrected chi connectivity index (χ2v) is 24.2. The van der Waals surface area contributed by atoms with Crippen LogP contribution in [0.25, 0.3) is 0 Å². The minimum absolute atomic E-state index is 0.00539. The van der Waals surface area contributed by atoms with Gasteiger partial charge in [0, 0.05) is 12.8 Å². The van der Waals surface area contributed by atoms with E-state index in [9.17, 15) is 19.8 Å². The van der Waals surface area contributed by atoms with Gasteiger partial charge < -0.3 is 20.3 Å². The van der Waals surface area contributed by atoms with E-state index in [1.165, 1.54) is 289 Å². The number of nitrogens with one attached hydrogen (secondary N) is 1. The average Bonchev–Trinajstić information content (AvgIpc) is 3.46. The number of ether oxygens (including phenoxy) is 1. The fourth-order valence-electron chi connectivity index (χ4n) is 10.8. The van der Waals surface area contributed by atoms with E-state index in [2.05, 4.69) is 67.8 Å². The van der Waals surface area contributed by atoms with Gasteiger partial charge in [-0.1, -0.05) is 325 Å². The van der Waals surface area contributed by atoms with Crippen molar-refractivity contribution < 1.29 is 24.5 Å². The number of aliphatic hydroxyl groups is 2. The van der Waals surface area contributed by atoms with E-state index >= 15 is 0 Å². The Bertz CT molecular complexity index is 1380. The molecule has 0 saturated heterocycles. The smallest absolute Gasteiger partial charge is 0.305 e. The Balaban J connectivity index is 3.40. The average molecular weight is 1120 g/mol. The fourth-order valence-corrected chi connectivity index (χ4v) is 10.8. The van der Waals surface area contributed by atoms with E-state index in [0.717, 1.165) is 57.8 Å². The zero-order valence-electron chi connectivity index (χ0n) is 53.6. The van der Waals surface area contributed by atoms with Crippen molar-refractivity contribution in [2.45, 2.75) is 386 Å². The number of amides is 1. The van der Waals surface area contributed by atoms with Gasteiger partial charge >= 0.3 is 5.97 Å². The molecule has 6 nitrogen and oxygen atoms in total. The van der Waals surface area contributed by atoms with E-state index in [0.29, 0.717) is 19.4 Å². The first kappa shape index (κ1) is 77.6. The highest BCUT2D eigenvalue weighted by atomic mass is 16.5. The maximum atomic E-state index is 12.5. The van der Waals surface area contributed by atoms with Gasteiger partial charge in [-0.05, 0) is 96.3 Å². The number of hydrogen-bond donors (Lipinski definition) is 3. The van der Waals surface area contributed by atoms with Crippen LogP contribution in [0.3, 0.4) is 0 Å². The summed E-state index contributed by atoms with van der Waals surface area (Å²) < 4.78 is 5.50. The Hall–Kier alpha value is -2.44. The molecule has 0 spiro atoms. The molecule has 80 heavy (non-hydrogen) atoms. The van der Waals surface area contributed by atoms with Crippen molar-refractivity contribution >= 4 is 11.9 Å². The zero-order valence-corrected chi connectivity index (χ0v) is 53.6. The topological polar surface area (TPSA) is 95.9 Å². The summed E-state index contributed by atoms with van der Waals surface area (Å²) in [6, 6.07) is -0.628. The summed E-state index contributed by atoms with van der Waals surface area (Å²) in [5.41, 5.74) is 0. The summed E-state index contributed by atoms with van der Waals surface area (Å²) in [6.07, 6.45) is 91.6. The predicted octanol–water partition coefficient (Wildman–Crippen LogP) is 23.0. The largest absolute Gasteiger partial charge is 0.466 e. The molecule has 0 fully saturated rings. The van der Waals surface area contributed by atoms with Crippen LogP contribution in [0.2, 0.25) is 0 Å². The van der Waals surface area contributed by atoms with Crippen LogP contribution in [-0.4, -0.2) is 47.4 Å². The molecule has 3 N–H and O–H groups in total. The van der Waals surface area contributed by atoms with Crippen LogP contribution < -0.4 is 5.32 Å². The molecule has 0 aromatic heterocycles. The molecule has 0 aliphatic heterocycles. The summed E-state index contributed by atoms with van der Waals surface area (Å²) in [5, 5.41) is 23.1. The van der Waals surface area contributed by atoms with Crippen LogP contribution in [0.5, 0.6) is 0 Å². The highest BCUT2D eigenvalue weighted by Gasteiger charge is 2.18. The normalized spacial score (nSPS) is 12.9. The molecule has 1 amide bonds. The quantitative estimate of drug-likeness (QED) is 0.0320. The van der Waals surface area contributed by atoms with Gasteiger partial charge in [-0.15, -0.1) is 0 Å². The molecule has 0 aliphatic carbocycles. The van der Waals surface area contributed by atoms with Crippen LogP contribution in [-0.2, 0) is 14.3 Å². The number of esters is 1. The second-order valence-electron chi connectivity index (χ2n) is 24.2. The molecular weight excluding hydrogens is 983 g/mol. The van der Waals surface area contributed by atoms with Crippen molar-refractivity contribution in [1.29, 1.82) is 0 Å². The Morgan fingerprint density at radius 2 is 0.625 bits per heavy atom. The number of unbranched alkanes of at least 4 members (excludes halogenated alkanes) is 47. The molecule has 6 heteroatoms. The first-order valence-corrected chi connectivity index (χ1v) is 35.6. The molecule has 0 aromatic rings. The highest BCUT2D eigenvalue weighted by Crippen LogP contribution is 2.18. The lowest BCUT2D eigenvalue weighted by Gasteiger charge is -2.20. The van der Waals surface area contributed by atoms with E-state index in [4.69, 9.17) is 4.74 Å². The lowest BCUT2D eigenvalue weighted by molar-refractivity contribution is -0.143. The lowest BCUT2D eigenvalue weighted by Crippen LogP contribution is -2.45. The van der Waals surface area contributed by atoms with Crippen molar-refractivity contribution in [2.24, 2.45) is 0 Å². The molecule has 0 bridgehead atoms. The SMILES string of the molecule is CCCCCC/C=C\C/C=C\CCCCCCCCCC(=O)OCCCCCCCCCCC/C=C\C/C=C\CCCCCCCCCCCCCCCCCC(=O)NC(CO)C(O)/C=C/CCCCCCCCCCCCCC. The van der Waals surface area contributed by atoms with Crippen molar-refractivity contribution in [3.05, 3.63) is 60.8 Å². The number of carbonyl (C=O) groups excluding carboxylic acids is 2. The molecule has 0 rings (SSSR count). The standard InChI is InChI=1S/C74H137NO5/c1-3-5-7-9-11-13-15-17-19-20-37-40-44-48-52-56-60-64-68-74(79)80-69-65-61-57-53-49-45-41-38-35-33-31-29-27-25-23-21-22-24-26-28-30-32-34-36-39-43-47-51-55-59-63-67-73(78)75-71(70-76)72(77)66-62-58-54-50-46-42-18-16-14-12-10-8-6-4-2/h13,15,19-20,23,25,29,31,62,66,71-72,76-77H,3-12,14,16-18,21-22,24,26-28,30,32-61,63-65,67-70H2,1-2H3,(H,75,78)/b15-13-,20-19-,25-23-,31-29-,66-62+. The summed E-state index contributed by atoms with van der Waals surface area (Å²) >= 11 is 0. The van der Waals surface area contributed by atoms with Gasteiger partial charge in [0.15, 0.2) is 0 Å². The Labute approximate surface area is 499 Å². The van der Waals surface area contributed by atoms with Gasteiger partial charge in [0.2, 0.25) is 5.91 Å². The molecule has 0 aromatic carbocycles. The molecule has 2 atom stereocenters. The minimum Gasteiger partial charge on any atom is -0.466 e. The molecule has 468 valence electrons. The summed E-state index contributed by atoms with van der Waals surface area (Å²) in [6.45, 7) is 4.90. The predicted molar refractivity (Wildman–Crippen MR) is 352 cm³/mol. The van der Waals surface area contributed by atoms with Crippen LogP contribution in [0.15, 0.2) is 60.8 Å². The molecule has 0 aliphatic rings. The Morgan fingerprint density at radius 1 is 0.350 bits per heavy atom. The van der Waals surface area contributed by atoms with E-state index in [-0.39, 0.29) is 18.5 Å². The molecule has 0 radical (unpaired) electrons. The maximum absolute atomic E-state index is 12.5. The van der Waals surface area contributed by atoms with Gasteiger partial charge in [0.1, 0.15) is 0 Å². The number of rotatable bonds is 66. The lowest BCUT2D eigenvalue weighted by atomic mass is 10.0. The third kappa shape index (κ3) is 64.7. The zero-order chi connectivity index (χ0) is 57.8. The Kier molecular flexibility index (Phi) is 66.9. The van der Waals surface area contributed by atoms with Gasteiger partial charge in [-0.25, -0.2) is 0 Å². The summed E-state index contributed by atoms with van der Waals surface area (Å²) in [5.74, 6) is -0.0611. The van der Waals surface area contributed by atoms with Gasteiger partial charge in [0.05, 0.1) is 25.4 Å². The summed E-state index contributed by atoms with van der Waals surface area (Å²) in [7, 11) is 0. The third-order valence-electron chi connectivity index (χ3n) is 16.3. The van der Waals surface area contributed by atoms with E-state index in [1.54, 1.807) is 6.08 Å². The first-order valence-electron chi connectivity index (χ1n) is 35.6. The summed E-state index contributed by atoms with van der Waals surface area (Å²) in [4.78, 5) is 24.6. The maximum Gasteiger partial charge on any atom is 0.305 e. The van der Waals surface area contributed by atoms with Crippen molar-refractivity contribution in [2.75, 3.05) is 13.2 Å². The van der Waals surface area contributed by atoms with Gasteiger partial charge in [0.25, 0.3) is 0 Å². The van der Waals surface area contributed by atoms with Crippen LogP contribution in [0.4, 0.5) is 0 Å². The fraction of sp³-hybridized carbons (Fsp3) is 0.838. The van der Waals surface area contributed by atoms with Crippen LogP contribution in [0.1, 0.15) is 373 Å².